The average Bonchev–Trinajstić information content (AvgIpc) is 2.94. The molecular formula is C14H21N3O2. The van der Waals surface area contributed by atoms with Crippen LogP contribution in [-0.4, -0.2) is 44.2 Å². The van der Waals surface area contributed by atoms with Crippen molar-refractivity contribution in [3.8, 4) is 0 Å². The number of hydrogen-bond donors (Lipinski definition) is 2. The van der Waals surface area contributed by atoms with E-state index in [0.29, 0.717) is 24.4 Å². The number of nitrogens with zero attached hydrogens (tertiary/aromatic N) is 1. The number of nitrogen functional groups attached to an aromatic ring is 1. The highest BCUT2D eigenvalue weighted by molar-refractivity contribution is 6.00. The van der Waals surface area contributed by atoms with E-state index in [9.17, 15) is 4.79 Å². The third kappa shape index (κ3) is 3.38. The van der Waals surface area contributed by atoms with E-state index in [0.717, 1.165) is 31.6 Å². The molecule has 1 aromatic carbocycles. The first kappa shape index (κ1) is 13.7. The van der Waals surface area contributed by atoms with Crippen LogP contribution in [0.2, 0.25) is 0 Å². The SMILES string of the molecule is COCCNc1ccc(N)cc1C(=O)N1CCCC1. The highest BCUT2D eigenvalue weighted by Crippen LogP contribution is 2.22. The summed E-state index contributed by atoms with van der Waals surface area (Å²) in [6.45, 7) is 2.94. The fourth-order valence-corrected chi connectivity index (χ4v) is 2.27. The molecule has 0 bridgehead atoms. The Morgan fingerprint density at radius 1 is 1.42 bits per heavy atom. The van der Waals surface area contributed by atoms with Gasteiger partial charge < -0.3 is 20.7 Å². The van der Waals surface area contributed by atoms with Crippen molar-refractivity contribution in [2.45, 2.75) is 12.8 Å². The fourth-order valence-electron chi connectivity index (χ4n) is 2.27. The quantitative estimate of drug-likeness (QED) is 0.625. The predicted octanol–water partition coefficient (Wildman–Crippen LogP) is 1.56. The lowest BCUT2D eigenvalue weighted by atomic mass is 10.1. The van der Waals surface area contributed by atoms with E-state index < -0.39 is 0 Å². The van der Waals surface area contributed by atoms with Crippen molar-refractivity contribution in [2.24, 2.45) is 0 Å². The van der Waals surface area contributed by atoms with Gasteiger partial charge >= 0.3 is 0 Å². The van der Waals surface area contributed by atoms with Gasteiger partial charge in [-0.2, -0.15) is 0 Å². The number of nitrogens with one attached hydrogen (secondary N) is 1. The summed E-state index contributed by atoms with van der Waals surface area (Å²) in [5.41, 5.74) is 7.88. The standard InChI is InChI=1S/C14H21N3O2/c1-19-9-6-16-13-5-4-11(15)10-12(13)14(18)17-7-2-3-8-17/h4-5,10,16H,2-3,6-9,15H2,1H3. The molecule has 0 aromatic heterocycles. The molecule has 5 nitrogen and oxygen atoms in total. The minimum atomic E-state index is 0.0599. The lowest BCUT2D eigenvalue weighted by Crippen LogP contribution is -2.28. The second-order valence-corrected chi connectivity index (χ2v) is 4.72. The van der Waals surface area contributed by atoms with E-state index in [1.165, 1.54) is 0 Å². The predicted molar refractivity (Wildman–Crippen MR) is 76.4 cm³/mol. The molecule has 104 valence electrons. The van der Waals surface area contributed by atoms with Crippen LogP contribution in [0.25, 0.3) is 0 Å². The highest BCUT2D eigenvalue weighted by Gasteiger charge is 2.21. The Labute approximate surface area is 113 Å². The molecule has 0 unspecified atom stereocenters. The van der Waals surface area contributed by atoms with Crippen molar-refractivity contribution in [3.05, 3.63) is 23.8 Å². The molecule has 1 aliphatic heterocycles. The van der Waals surface area contributed by atoms with Crippen LogP contribution in [0.1, 0.15) is 23.2 Å². The zero-order valence-corrected chi connectivity index (χ0v) is 11.3. The molecular weight excluding hydrogens is 242 g/mol. The van der Waals surface area contributed by atoms with Crippen LogP contribution in [0.4, 0.5) is 11.4 Å². The van der Waals surface area contributed by atoms with Gasteiger partial charge in [-0.1, -0.05) is 0 Å². The Hall–Kier alpha value is -1.75. The summed E-state index contributed by atoms with van der Waals surface area (Å²) in [4.78, 5) is 14.3. The Morgan fingerprint density at radius 3 is 2.84 bits per heavy atom. The molecule has 1 aliphatic rings. The maximum atomic E-state index is 12.5. The van der Waals surface area contributed by atoms with Crippen LogP contribution in [0.15, 0.2) is 18.2 Å². The van der Waals surface area contributed by atoms with E-state index in [2.05, 4.69) is 5.32 Å². The number of benzene rings is 1. The van der Waals surface area contributed by atoms with Gasteiger partial charge in [0.15, 0.2) is 0 Å². The monoisotopic (exact) mass is 263 g/mol. The summed E-state index contributed by atoms with van der Waals surface area (Å²) in [6, 6.07) is 5.40. The average molecular weight is 263 g/mol. The molecule has 19 heavy (non-hydrogen) atoms. The summed E-state index contributed by atoms with van der Waals surface area (Å²) < 4.78 is 5.00. The molecule has 0 saturated carbocycles. The number of rotatable bonds is 5. The van der Waals surface area contributed by atoms with Crippen molar-refractivity contribution >= 4 is 17.3 Å². The van der Waals surface area contributed by atoms with Crippen LogP contribution in [0.3, 0.4) is 0 Å². The number of amides is 1. The summed E-state index contributed by atoms with van der Waals surface area (Å²) in [5.74, 6) is 0.0599. The zero-order valence-electron chi connectivity index (χ0n) is 11.3. The number of anilines is 2. The molecule has 2 rings (SSSR count). The molecule has 1 heterocycles. The van der Waals surface area contributed by atoms with Crippen LogP contribution >= 0.6 is 0 Å². The Balaban J connectivity index is 2.16. The third-order valence-electron chi connectivity index (χ3n) is 3.29. The van der Waals surface area contributed by atoms with Gasteiger partial charge in [0, 0.05) is 38.1 Å². The Morgan fingerprint density at radius 2 is 2.16 bits per heavy atom. The van der Waals surface area contributed by atoms with E-state index in [1.807, 2.05) is 11.0 Å². The van der Waals surface area contributed by atoms with Gasteiger partial charge in [-0.25, -0.2) is 0 Å². The summed E-state index contributed by atoms with van der Waals surface area (Å²) in [6.07, 6.45) is 2.17. The molecule has 5 heteroatoms. The molecule has 0 aliphatic carbocycles. The second-order valence-electron chi connectivity index (χ2n) is 4.72. The number of ether oxygens (including phenoxy) is 1. The van der Waals surface area contributed by atoms with Crippen molar-refractivity contribution in [1.29, 1.82) is 0 Å². The van der Waals surface area contributed by atoms with Gasteiger partial charge in [-0.15, -0.1) is 0 Å². The minimum absolute atomic E-state index is 0.0599. The van der Waals surface area contributed by atoms with Gasteiger partial charge in [-0.05, 0) is 31.0 Å². The fraction of sp³-hybridized carbons (Fsp3) is 0.500. The maximum Gasteiger partial charge on any atom is 0.256 e. The second kappa shape index (κ2) is 6.43. The van der Waals surface area contributed by atoms with Crippen LogP contribution in [0.5, 0.6) is 0 Å². The summed E-state index contributed by atoms with van der Waals surface area (Å²) >= 11 is 0. The molecule has 0 radical (unpaired) electrons. The third-order valence-corrected chi connectivity index (χ3v) is 3.29. The Bertz CT molecular complexity index is 442. The van der Waals surface area contributed by atoms with E-state index >= 15 is 0 Å². The van der Waals surface area contributed by atoms with E-state index in [-0.39, 0.29) is 5.91 Å². The smallest absolute Gasteiger partial charge is 0.256 e. The molecule has 1 fully saturated rings. The molecule has 0 atom stereocenters. The van der Waals surface area contributed by atoms with E-state index in [4.69, 9.17) is 10.5 Å². The van der Waals surface area contributed by atoms with Crippen molar-refractivity contribution < 1.29 is 9.53 Å². The largest absolute Gasteiger partial charge is 0.399 e. The zero-order chi connectivity index (χ0) is 13.7. The van der Waals surface area contributed by atoms with Crippen LogP contribution in [0, 0.1) is 0 Å². The maximum absolute atomic E-state index is 12.5. The number of likely N-dealkylation sites (tertiary alicyclic amines) is 1. The van der Waals surface area contributed by atoms with Crippen molar-refractivity contribution in [1.82, 2.24) is 4.90 Å². The molecule has 1 amide bonds. The summed E-state index contributed by atoms with van der Waals surface area (Å²) in [5, 5.41) is 3.22. The van der Waals surface area contributed by atoms with Crippen LogP contribution < -0.4 is 11.1 Å². The summed E-state index contributed by atoms with van der Waals surface area (Å²) in [7, 11) is 1.65. The number of carbonyl (C=O) groups excluding carboxylic acids is 1. The number of carbonyl (C=O) groups is 1. The number of methoxy groups -OCH3 is 1. The lowest BCUT2D eigenvalue weighted by Gasteiger charge is -2.18. The molecule has 3 N–H and O–H groups in total. The molecule has 1 saturated heterocycles. The van der Waals surface area contributed by atoms with Gasteiger partial charge in [0.05, 0.1) is 12.2 Å². The van der Waals surface area contributed by atoms with E-state index in [1.54, 1.807) is 19.2 Å². The van der Waals surface area contributed by atoms with Gasteiger partial charge in [-0.3, -0.25) is 4.79 Å². The first-order valence-corrected chi connectivity index (χ1v) is 6.64. The van der Waals surface area contributed by atoms with Crippen molar-refractivity contribution in [2.75, 3.05) is 44.4 Å². The molecule has 0 spiro atoms. The van der Waals surface area contributed by atoms with Gasteiger partial charge in [0.25, 0.3) is 5.91 Å². The minimum Gasteiger partial charge on any atom is -0.399 e. The first-order chi connectivity index (χ1) is 9.22. The molecule has 1 aromatic rings. The van der Waals surface area contributed by atoms with Crippen molar-refractivity contribution in [3.63, 3.8) is 0 Å². The van der Waals surface area contributed by atoms with Gasteiger partial charge in [0.2, 0.25) is 0 Å². The van der Waals surface area contributed by atoms with Crippen LogP contribution in [-0.2, 0) is 4.74 Å². The lowest BCUT2D eigenvalue weighted by molar-refractivity contribution is 0.0793. The number of hydrogen-bond acceptors (Lipinski definition) is 4. The highest BCUT2D eigenvalue weighted by atomic mass is 16.5. The number of nitrogens with two attached hydrogens (primary N) is 1. The Kier molecular flexibility index (Phi) is 4.63. The normalized spacial score (nSPS) is 14.7. The first-order valence-electron chi connectivity index (χ1n) is 6.64. The topological polar surface area (TPSA) is 67.6 Å². The van der Waals surface area contributed by atoms with Gasteiger partial charge in [0.1, 0.15) is 0 Å².